The fourth-order valence-electron chi connectivity index (χ4n) is 4.82. The Morgan fingerprint density at radius 2 is 1.76 bits per heavy atom. The van der Waals surface area contributed by atoms with Crippen molar-refractivity contribution in [1.82, 2.24) is 24.6 Å². The number of carbonyl (C=O) groups is 1. The second-order valence-corrected chi connectivity index (χ2v) is 10.4. The summed E-state index contributed by atoms with van der Waals surface area (Å²) in [6.07, 6.45) is 7.48. The van der Waals surface area contributed by atoms with Gasteiger partial charge in [0, 0.05) is 41.1 Å². The molecular formula is C28H26Cl3N5O2. The van der Waals surface area contributed by atoms with Gasteiger partial charge in [0.05, 0.1) is 29.3 Å². The van der Waals surface area contributed by atoms with Gasteiger partial charge < -0.3 is 9.64 Å². The highest BCUT2D eigenvalue weighted by atomic mass is 35.5. The Hall–Kier alpha value is -3.13. The zero-order chi connectivity index (χ0) is 26.6. The molecule has 4 aromatic rings. The summed E-state index contributed by atoms with van der Waals surface area (Å²) < 4.78 is 7.14. The van der Waals surface area contributed by atoms with Gasteiger partial charge in [-0.2, -0.15) is 5.10 Å². The van der Waals surface area contributed by atoms with Gasteiger partial charge in [-0.3, -0.25) is 9.78 Å². The predicted molar refractivity (Wildman–Crippen MR) is 150 cm³/mol. The van der Waals surface area contributed by atoms with Crippen molar-refractivity contribution in [2.75, 3.05) is 13.7 Å². The number of amides is 1. The molecule has 0 saturated heterocycles. The van der Waals surface area contributed by atoms with Crippen molar-refractivity contribution >= 4 is 40.7 Å². The molecule has 2 aromatic heterocycles. The maximum atomic E-state index is 13.7. The van der Waals surface area contributed by atoms with E-state index in [0.29, 0.717) is 51.1 Å². The second-order valence-electron chi connectivity index (χ2n) is 9.13. The Balaban J connectivity index is 1.49. The van der Waals surface area contributed by atoms with Crippen LogP contribution >= 0.6 is 34.8 Å². The number of rotatable bonds is 8. The lowest BCUT2D eigenvalue weighted by atomic mass is 10.1. The molecule has 5 rings (SSSR count). The smallest absolute Gasteiger partial charge is 0.255 e. The molecule has 1 fully saturated rings. The number of nitrogens with zero attached hydrogens (tertiary/aromatic N) is 5. The molecule has 1 aliphatic carbocycles. The van der Waals surface area contributed by atoms with Gasteiger partial charge in [-0.1, -0.05) is 47.6 Å². The minimum absolute atomic E-state index is 0.125. The Bertz CT molecular complexity index is 1440. The highest BCUT2D eigenvalue weighted by molar-refractivity contribution is 6.35. The standard InChI is InChI=1S/C28H26Cl3N5O2/c1-38-25-9-6-19(16-24(25)31)27-33-26(18-10-12-32-13-11-18)34-36(27)15-14-35(21-4-2-3-5-21)28(37)22-17-20(29)7-8-23(22)30/h6-13,16-17,21H,2-5,14-15H2,1H3. The number of methoxy groups -OCH3 is 1. The average Bonchev–Trinajstić information content (AvgIpc) is 3.61. The van der Waals surface area contributed by atoms with Crippen LogP contribution in [-0.4, -0.2) is 50.3 Å². The first kappa shape index (κ1) is 26.5. The van der Waals surface area contributed by atoms with E-state index in [1.54, 1.807) is 43.8 Å². The van der Waals surface area contributed by atoms with E-state index in [4.69, 9.17) is 49.6 Å². The monoisotopic (exact) mass is 569 g/mol. The van der Waals surface area contributed by atoms with Crippen molar-refractivity contribution in [2.24, 2.45) is 0 Å². The van der Waals surface area contributed by atoms with Crippen LogP contribution in [0.25, 0.3) is 22.8 Å². The van der Waals surface area contributed by atoms with E-state index in [0.717, 1.165) is 36.8 Å². The molecule has 1 amide bonds. The molecule has 2 heterocycles. The number of ether oxygens (including phenoxy) is 1. The minimum atomic E-state index is -0.132. The molecule has 0 bridgehead atoms. The molecule has 38 heavy (non-hydrogen) atoms. The van der Waals surface area contributed by atoms with E-state index in [-0.39, 0.29) is 11.9 Å². The van der Waals surface area contributed by atoms with Gasteiger partial charge in [0.1, 0.15) is 5.75 Å². The van der Waals surface area contributed by atoms with E-state index < -0.39 is 0 Å². The van der Waals surface area contributed by atoms with E-state index in [2.05, 4.69) is 4.98 Å². The normalized spacial score (nSPS) is 13.6. The van der Waals surface area contributed by atoms with Crippen molar-refractivity contribution in [1.29, 1.82) is 0 Å². The number of aromatic nitrogens is 4. The lowest BCUT2D eigenvalue weighted by Gasteiger charge is -2.29. The minimum Gasteiger partial charge on any atom is -0.495 e. The maximum absolute atomic E-state index is 13.7. The van der Waals surface area contributed by atoms with Crippen molar-refractivity contribution in [3.8, 4) is 28.5 Å². The molecule has 0 aliphatic heterocycles. The van der Waals surface area contributed by atoms with Crippen LogP contribution in [0.15, 0.2) is 60.9 Å². The van der Waals surface area contributed by atoms with Crippen molar-refractivity contribution in [3.05, 3.63) is 81.6 Å². The maximum Gasteiger partial charge on any atom is 0.255 e. The summed E-state index contributed by atoms with van der Waals surface area (Å²) in [7, 11) is 1.58. The number of hydrogen-bond donors (Lipinski definition) is 0. The molecule has 2 aromatic carbocycles. The third-order valence-corrected chi connectivity index (χ3v) is 7.62. The van der Waals surface area contributed by atoms with Crippen LogP contribution in [0.4, 0.5) is 0 Å². The van der Waals surface area contributed by atoms with Crippen LogP contribution < -0.4 is 4.74 Å². The number of pyridine rings is 1. The molecule has 1 saturated carbocycles. The number of benzene rings is 2. The van der Waals surface area contributed by atoms with E-state index in [1.807, 2.05) is 33.8 Å². The molecule has 10 heteroatoms. The fraction of sp³-hybridized carbons (Fsp3) is 0.286. The van der Waals surface area contributed by atoms with Crippen molar-refractivity contribution < 1.29 is 9.53 Å². The van der Waals surface area contributed by atoms with Gasteiger partial charge in [-0.15, -0.1) is 0 Å². The molecule has 0 unspecified atom stereocenters. The highest BCUT2D eigenvalue weighted by Gasteiger charge is 2.29. The molecule has 0 spiro atoms. The van der Waals surface area contributed by atoms with Crippen LogP contribution in [0.3, 0.4) is 0 Å². The largest absolute Gasteiger partial charge is 0.495 e. The highest BCUT2D eigenvalue weighted by Crippen LogP contribution is 2.32. The topological polar surface area (TPSA) is 73.1 Å². The summed E-state index contributed by atoms with van der Waals surface area (Å²) in [4.78, 5) is 24.6. The molecule has 196 valence electrons. The third-order valence-electron chi connectivity index (χ3n) is 6.76. The number of halogens is 3. The molecule has 1 aliphatic rings. The van der Waals surface area contributed by atoms with Gasteiger partial charge in [0.15, 0.2) is 11.6 Å². The SMILES string of the molecule is COc1ccc(-c2nc(-c3ccncc3)nn2CCN(C(=O)c2cc(Cl)ccc2Cl)C2CCCC2)cc1Cl. The van der Waals surface area contributed by atoms with Crippen LogP contribution in [-0.2, 0) is 6.54 Å². The van der Waals surface area contributed by atoms with Gasteiger partial charge >= 0.3 is 0 Å². The Morgan fingerprint density at radius 1 is 1.00 bits per heavy atom. The summed E-state index contributed by atoms with van der Waals surface area (Å²) in [6, 6.07) is 14.3. The van der Waals surface area contributed by atoms with Gasteiger partial charge in [-0.05, 0) is 61.4 Å². The van der Waals surface area contributed by atoms with Gasteiger partial charge in [-0.25, -0.2) is 9.67 Å². The zero-order valence-corrected chi connectivity index (χ0v) is 23.0. The average molecular weight is 571 g/mol. The predicted octanol–water partition coefficient (Wildman–Crippen LogP) is 7.06. The Kier molecular flexibility index (Phi) is 8.17. The first-order valence-electron chi connectivity index (χ1n) is 12.4. The quantitative estimate of drug-likeness (QED) is 0.227. The zero-order valence-electron chi connectivity index (χ0n) is 20.8. The van der Waals surface area contributed by atoms with E-state index in [1.165, 1.54) is 0 Å². The molecular weight excluding hydrogens is 545 g/mol. The van der Waals surface area contributed by atoms with Gasteiger partial charge in [0.2, 0.25) is 0 Å². The van der Waals surface area contributed by atoms with Crippen LogP contribution in [0.5, 0.6) is 5.75 Å². The summed E-state index contributed by atoms with van der Waals surface area (Å²) in [5, 5.41) is 6.14. The van der Waals surface area contributed by atoms with Crippen LogP contribution in [0.2, 0.25) is 15.1 Å². The molecule has 7 nitrogen and oxygen atoms in total. The Labute approximate surface area is 236 Å². The molecule has 0 radical (unpaired) electrons. The van der Waals surface area contributed by atoms with Crippen molar-refractivity contribution in [3.63, 3.8) is 0 Å². The lowest BCUT2D eigenvalue weighted by Crippen LogP contribution is -2.41. The van der Waals surface area contributed by atoms with Crippen LogP contribution in [0, 0.1) is 0 Å². The summed E-state index contributed by atoms with van der Waals surface area (Å²) in [5.74, 6) is 1.65. The molecule has 0 N–H and O–H groups in total. The summed E-state index contributed by atoms with van der Waals surface area (Å²) in [6.45, 7) is 0.861. The lowest BCUT2D eigenvalue weighted by molar-refractivity contribution is 0.0672. The second kappa shape index (κ2) is 11.7. The molecule has 0 atom stereocenters. The summed E-state index contributed by atoms with van der Waals surface area (Å²) >= 11 is 19.1. The first-order valence-corrected chi connectivity index (χ1v) is 13.5. The number of hydrogen-bond acceptors (Lipinski definition) is 5. The third kappa shape index (κ3) is 5.65. The van der Waals surface area contributed by atoms with E-state index >= 15 is 0 Å². The number of carbonyl (C=O) groups excluding carboxylic acids is 1. The van der Waals surface area contributed by atoms with E-state index in [9.17, 15) is 4.79 Å². The Morgan fingerprint density at radius 3 is 2.47 bits per heavy atom. The fourth-order valence-corrected chi connectivity index (χ4v) is 5.45. The first-order chi connectivity index (χ1) is 18.4. The summed E-state index contributed by atoms with van der Waals surface area (Å²) in [5.41, 5.74) is 2.04. The van der Waals surface area contributed by atoms with Crippen LogP contribution in [0.1, 0.15) is 36.0 Å². The van der Waals surface area contributed by atoms with Crippen molar-refractivity contribution in [2.45, 2.75) is 38.3 Å². The van der Waals surface area contributed by atoms with Gasteiger partial charge in [0.25, 0.3) is 5.91 Å².